The Labute approximate surface area is 130 Å². The summed E-state index contributed by atoms with van der Waals surface area (Å²) in [6.45, 7) is 0.333. The van der Waals surface area contributed by atoms with E-state index in [0.29, 0.717) is 19.5 Å². The summed E-state index contributed by atoms with van der Waals surface area (Å²) in [6, 6.07) is 9.78. The first-order valence-electron chi connectivity index (χ1n) is 6.56. The molecule has 5 nitrogen and oxygen atoms in total. The van der Waals surface area contributed by atoms with Gasteiger partial charge in [0, 0.05) is 0 Å². The zero-order valence-electron chi connectivity index (χ0n) is 12.3. The number of amides is 1. The van der Waals surface area contributed by atoms with Gasteiger partial charge in [0.25, 0.3) is 0 Å². The van der Waals surface area contributed by atoms with Gasteiger partial charge in [0.05, 0.1) is 0 Å². The average Bonchev–Trinajstić information content (AvgIpc) is 2.50. The van der Waals surface area contributed by atoms with Crippen molar-refractivity contribution in [1.82, 2.24) is 4.90 Å². The second-order valence-corrected chi connectivity index (χ2v) is 5.61. The number of carbonyl (C=O) groups excluding carboxylic acids is 1. The van der Waals surface area contributed by atoms with E-state index in [4.69, 9.17) is 4.74 Å². The molecule has 0 unspecified atom stereocenters. The summed E-state index contributed by atoms with van der Waals surface area (Å²) < 4.78 is 15.8. The number of carbonyl (C=O) groups is 1. The van der Waals surface area contributed by atoms with Crippen LogP contribution in [0.25, 0.3) is 0 Å². The van der Waals surface area contributed by atoms with E-state index in [1.54, 1.807) is 25.9 Å². The molecule has 1 aromatic carbocycles. The van der Waals surface area contributed by atoms with Crippen molar-refractivity contribution in [3.8, 4) is 0 Å². The van der Waals surface area contributed by atoms with Gasteiger partial charge in [0.15, 0.2) is 0 Å². The summed E-state index contributed by atoms with van der Waals surface area (Å²) in [4.78, 5) is 18.2. The molecule has 0 aliphatic rings. The molecule has 0 saturated carbocycles. The molecule has 0 bridgehead atoms. The molecule has 1 rings (SSSR count). The summed E-state index contributed by atoms with van der Waals surface area (Å²) in [5.41, 5.74) is 0. The Morgan fingerprint density at radius 3 is 2.76 bits per heavy atom. The van der Waals surface area contributed by atoms with E-state index >= 15 is 0 Å². The van der Waals surface area contributed by atoms with Gasteiger partial charge in [0.1, 0.15) is 0 Å². The number of rotatable bonds is 9. The molecular formula is C14H19BN2O3S. The maximum absolute atomic E-state index is 11.4. The summed E-state index contributed by atoms with van der Waals surface area (Å²) in [7, 11) is 4.00. The zero-order valence-corrected chi connectivity index (χ0v) is 13.1. The predicted molar refractivity (Wildman–Crippen MR) is 85.4 cm³/mol. The van der Waals surface area contributed by atoms with Gasteiger partial charge in [-0.25, -0.2) is 0 Å². The molecule has 0 saturated heterocycles. The number of hydrogen-bond acceptors (Lipinski definition) is 5. The third kappa shape index (κ3) is 7.77. The Morgan fingerprint density at radius 1 is 1.43 bits per heavy atom. The van der Waals surface area contributed by atoms with Crippen LogP contribution in [-0.4, -0.2) is 63.2 Å². The van der Waals surface area contributed by atoms with E-state index in [-0.39, 0.29) is 18.6 Å². The van der Waals surface area contributed by atoms with Crippen molar-refractivity contribution in [2.45, 2.75) is 10.9 Å². The van der Waals surface area contributed by atoms with Gasteiger partial charge in [-0.1, -0.05) is 0 Å². The minimum absolute atomic E-state index is 0.0239. The monoisotopic (exact) mass is 306 g/mol. The van der Waals surface area contributed by atoms with Crippen LogP contribution in [0.1, 0.15) is 0 Å². The molecule has 1 amide bonds. The van der Waals surface area contributed by atoms with E-state index in [1.165, 1.54) is 11.0 Å². The van der Waals surface area contributed by atoms with E-state index in [9.17, 15) is 9.50 Å². The van der Waals surface area contributed by atoms with E-state index in [0.717, 1.165) is 4.90 Å². The number of ether oxygens (including phenoxy) is 1. The Balaban J connectivity index is 2.42. The van der Waals surface area contributed by atoms with Crippen molar-refractivity contribution in [3.05, 3.63) is 30.3 Å². The van der Waals surface area contributed by atoms with Crippen LogP contribution >= 0.6 is 11.8 Å². The number of nitrogens with zero attached hydrogens (tertiary/aromatic N) is 2. The molecule has 0 fully saturated rings. The van der Waals surface area contributed by atoms with Crippen LogP contribution in [0, 0.1) is 0 Å². The van der Waals surface area contributed by atoms with Gasteiger partial charge < -0.3 is 0 Å². The summed E-state index contributed by atoms with van der Waals surface area (Å²) in [5.74, 6) is 0.591. The summed E-state index contributed by atoms with van der Waals surface area (Å²) in [6.07, 6.45) is 1.23. The SMILES string of the molecule is CN(C)C(=O)COC[C@H](CSc1ccccc1)/N=C/B=O. The van der Waals surface area contributed by atoms with Gasteiger partial charge in [-0.3, -0.25) is 0 Å². The topological polar surface area (TPSA) is 59.0 Å². The molecule has 0 N–H and O–H groups in total. The Morgan fingerprint density at radius 2 is 2.14 bits per heavy atom. The molecule has 0 aromatic heterocycles. The standard InChI is InChI=1S/C14H19BN2O3S/c1-17(2)14(18)9-20-8-12(16-11-15-19)10-21-13-6-4-3-5-7-13/h3-7,11-12H,8-10H2,1-2H3/b16-11+/t12-/m1/s1. The van der Waals surface area contributed by atoms with E-state index in [2.05, 4.69) is 4.99 Å². The van der Waals surface area contributed by atoms with Crippen molar-refractivity contribution in [1.29, 1.82) is 0 Å². The van der Waals surface area contributed by atoms with Crippen molar-refractivity contribution in [3.63, 3.8) is 0 Å². The molecule has 0 spiro atoms. The molecule has 1 aromatic rings. The maximum atomic E-state index is 11.4. The molecule has 0 aliphatic heterocycles. The third-order valence-electron chi connectivity index (χ3n) is 2.58. The minimum atomic E-state index is -0.157. The molecule has 112 valence electrons. The first-order chi connectivity index (χ1) is 10.1. The van der Waals surface area contributed by atoms with Crippen LogP contribution in [0.2, 0.25) is 0 Å². The average molecular weight is 306 g/mol. The van der Waals surface area contributed by atoms with Crippen LogP contribution in [0.5, 0.6) is 0 Å². The molecule has 0 aliphatic carbocycles. The van der Waals surface area contributed by atoms with Crippen LogP contribution in [0.3, 0.4) is 0 Å². The fraction of sp³-hybridized carbons (Fsp3) is 0.429. The van der Waals surface area contributed by atoms with Crippen LogP contribution in [0.15, 0.2) is 40.2 Å². The van der Waals surface area contributed by atoms with Crippen molar-refractivity contribution in [2.24, 2.45) is 4.99 Å². The second-order valence-electron chi connectivity index (χ2n) is 4.52. The molecule has 0 radical (unpaired) electrons. The van der Waals surface area contributed by atoms with Crippen molar-refractivity contribution in [2.75, 3.05) is 33.1 Å². The van der Waals surface area contributed by atoms with Crippen LogP contribution in [0.4, 0.5) is 0 Å². The van der Waals surface area contributed by atoms with Gasteiger partial charge >= 0.3 is 129 Å². The molecule has 0 heterocycles. The number of thioether (sulfide) groups is 1. The van der Waals surface area contributed by atoms with Crippen molar-refractivity contribution < 1.29 is 14.2 Å². The van der Waals surface area contributed by atoms with Gasteiger partial charge in [-0.15, -0.1) is 0 Å². The number of aliphatic imine (C=N–C) groups is 1. The van der Waals surface area contributed by atoms with Gasteiger partial charge in [-0.2, -0.15) is 0 Å². The number of benzene rings is 1. The third-order valence-corrected chi connectivity index (χ3v) is 3.73. The zero-order chi connectivity index (χ0) is 15.5. The van der Waals surface area contributed by atoms with Gasteiger partial charge in [-0.05, 0) is 0 Å². The number of hydrogen-bond donors (Lipinski definition) is 0. The summed E-state index contributed by atoms with van der Waals surface area (Å²) in [5, 5.41) is 0. The number of likely N-dealkylation sites (N-methyl/N-ethyl adjacent to an activating group) is 1. The molecule has 7 heteroatoms. The van der Waals surface area contributed by atoms with Crippen LogP contribution < -0.4 is 0 Å². The first-order valence-corrected chi connectivity index (χ1v) is 7.54. The van der Waals surface area contributed by atoms with E-state index in [1.807, 2.05) is 30.3 Å². The molecular weight excluding hydrogens is 287 g/mol. The second kappa shape index (κ2) is 10.3. The fourth-order valence-corrected chi connectivity index (χ4v) is 2.33. The fourth-order valence-electron chi connectivity index (χ4n) is 1.41. The molecule has 21 heavy (non-hydrogen) atoms. The first kappa shape index (κ1) is 17.6. The normalized spacial score (nSPS) is 12.1. The van der Waals surface area contributed by atoms with Gasteiger partial charge in [0.2, 0.25) is 0 Å². The quantitative estimate of drug-likeness (QED) is 0.392. The van der Waals surface area contributed by atoms with Crippen molar-refractivity contribution >= 4 is 30.9 Å². The predicted octanol–water partition coefficient (Wildman–Crippen LogP) is 1.33. The molecule has 1 atom stereocenters. The Hall–Kier alpha value is -1.47. The van der Waals surface area contributed by atoms with E-state index < -0.39 is 0 Å². The Kier molecular flexibility index (Phi) is 8.62. The van der Waals surface area contributed by atoms with Crippen LogP contribution in [-0.2, 0) is 14.2 Å². The Bertz CT molecular complexity index is 469. The summed E-state index contributed by atoms with van der Waals surface area (Å²) >= 11 is 1.64.